The van der Waals surface area contributed by atoms with Crippen molar-refractivity contribution in [2.45, 2.75) is 25.4 Å². The van der Waals surface area contributed by atoms with Crippen molar-refractivity contribution in [3.8, 4) is 0 Å². The Labute approximate surface area is 137 Å². The zero-order valence-corrected chi connectivity index (χ0v) is 13.8. The Balaban J connectivity index is 1.43. The fraction of sp³-hybridized carbons (Fsp3) is 0.647. The smallest absolute Gasteiger partial charge is 0.317 e. The van der Waals surface area contributed by atoms with E-state index < -0.39 is 0 Å². The second-order valence-corrected chi connectivity index (χ2v) is 6.43. The predicted octanol–water partition coefficient (Wildman–Crippen LogP) is 1.33. The Morgan fingerprint density at radius 2 is 2.13 bits per heavy atom. The van der Waals surface area contributed by atoms with Gasteiger partial charge in [-0.05, 0) is 30.9 Å². The van der Waals surface area contributed by atoms with Crippen molar-refractivity contribution in [3.05, 3.63) is 30.1 Å². The second-order valence-electron chi connectivity index (χ2n) is 6.43. The summed E-state index contributed by atoms with van der Waals surface area (Å²) in [5, 5.41) is 3.15. The van der Waals surface area contributed by atoms with Crippen LogP contribution in [0.3, 0.4) is 0 Å². The third kappa shape index (κ3) is 4.65. The zero-order chi connectivity index (χ0) is 16.1. The molecule has 3 rings (SSSR count). The van der Waals surface area contributed by atoms with Gasteiger partial charge < -0.3 is 15.0 Å². The quantitative estimate of drug-likeness (QED) is 0.860. The maximum atomic E-state index is 12.4. The lowest BCUT2D eigenvalue weighted by Crippen LogP contribution is -2.54. The number of hydrogen-bond acceptors (Lipinski definition) is 4. The standard InChI is InChI=1S/C17H26N4O2/c1-23-13-16(14-5-6-14)19-17(22)21-10-8-20(9-11-21)12-15-4-2-3-7-18-15/h2-4,7,14,16H,5-6,8-13H2,1H3,(H,19,22)/t16-/m1/s1. The van der Waals surface area contributed by atoms with Gasteiger partial charge in [-0.2, -0.15) is 0 Å². The van der Waals surface area contributed by atoms with Crippen LogP contribution in [0.5, 0.6) is 0 Å². The van der Waals surface area contributed by atoms with Gasteiger partial charge in [0.1, 0.15) is 0 Å². The van der Waals surface area contributed by atoms with Crippen molar-refractivity contribution in [3.63, 3.8) is 0 Å². The fourth-order valence-electron chi connectivity index (χ4n) is 3.05. The van der Waals surface area contributed by atoms with Gasteiger partial charge >= 0.3 is 6.03 Å². The number of pyridine rings is 1. The van der Waals surface area contributed by atoms with Gasteiger partial charge in [-0.25, -0.2) is 4.79 Å². The number of carbonyl (C=O) groups excluding carboxylic acids is 1. The molecule has 1 saturated carbocycles. The third-order valence-corrected chi connectivity index (χ3v) is 4.62. The molecule has 0 bridgehead atoms. The predicted molar refractivity (Wildman–Crippen MR) is 88.0 cm³/mol. The van der Waals surface area contributed by atoms with E-state index >= 15 is 0 Å². The maximum absolute atomic E-state index is 12.4. The van der Waals surface area contributed by atoms with Gasteiger partial charge in [0.15, 0.2) is 0 Å². The van der Waals surface area contributed by atoms with Crippen LogP contribution in [0.25, 0.3) is 0 Å². The molecule has 6 heteroatoms. The molecule has 1 aromatic rings. The summed E-state index contributed by atoms with van der Waals surface area (Å²) in [4.78, 5) is 21.0. The maximum Gasteiger partial charge on any atom is 0.317 e. The molecule has 1 aliphatic carbocycles. The van der Waals surface area contributed by atoms with Crippen molar-refractivity contribution in [1.29, 1.82) is 0 Å². The summed E-state index contributed by atoms with van der Waals surface area (Å²) in [5.41, 5.74) is 1.08. The molecule has 1 aliphatic heterocycles. The molecule has 1 N–H and O–H groups in total. The first-order valence-electron chi connectivity index (χ1n) is 8.43. The van der Waals surface area contributed by atoms with Gasteiger partial charge in [-0.1, -0.05) is 6.07 Å². The van der Waals surface area contributed by atoms with E-state index in [0.717, 1.165) is 38.4 Å². The fourth-order valence-corrected chi connectivity index (χ4v) is 3.05. The van der Waals surface area contributed by atoms with Crippen LogP contribution in [0.1, 0.15) is 18.5 Å². The van der Waals surface area contributed by atoms with Crippen LogP contribution >= 0.6 is 0 Å². The average Bonchev–Trinajstić information content (AvgIpc) is 3.41. The molecule has 6 nitrogen and oxygen atoms in total. The van der Waals surface area contributed by atoms with Gasteiger partial charge in [0.05, 0.1) is 18.3 Å². The van der Waals surface area contributed by atoms with E-state index in [1.165, 1.54) is 12.8 Å². The monoisotopic (exact) mass is 318 g/mol. The molecule has 2 fully saturated rings. The molecular weight excluding hydrogens is 292 g/mol. The number of aromatic nitrogens is 1. The van der Waals surface area contributed by atoms with E-state index in [0.29, 0.717) is 12.5 Å². The minimum Gasteiger partial charge on any atom is -0.383 e. The van der Waals surface area contributed by atoms with E-state index in [1.807, 2.05) is 29.3 Å². The van der Waals surface area contributed by atoms with E-state index in [-0.39, 0.29) is 12.1 Å². The lowest BCUT2D eigenvalue weighted by atomic mass is 10.2. The van der Waals surface area contributed by atoms with Gasteiger partial charge in [0.25, 0.3) is 0 Å². The molecule has 0 aromatic carbocycles. The zero-order valence-electron chi connectivity index (χ0n) is 13.8. The highest BCUT2D eigenvalue weighted by Crippen LogP contribution is 2.32. The van der Waals surface area contributed by atoms with E-state index in [9.17, 15) is 4.79 Å². The number of piperazine rings is 1. The number of carbonyl (C=O) groups is 1. The first-order valence-corrected chi connectivity index (χ1v) is 8.43. The number of methoxy groups -OCH3 is 1. The minimum atomic E-state index is 0.0523. The van der Waals surface area contributed by atoms with Gasteiger partial charge in [0, 0.05) is 46.0 Å². The Hall–Kier alpha value is -1.66. The second kappa shape index (κ2) is 7.75. The lowest BCUT2D eigenvalue weighted by Gasteiger charge is -2.35. The third-order valence-electron chi connectivity index (χ3n) is 4.62. The van der Waals surface area contributed by atoms with Crippen LogP contribution in [-0.2, 0) is 11.3 Å². The Kier molecular flexibility index (Phi) is 5.46. The first kappa shape index (κ1) is 16.2. The van der Waals surface area contributed by atoms with Crippen LogP contribution < -0.4 is 5.32 Å². The van der Waals surface area contributed by atoms with Gasteiger partial charge in [0.2, 0.25) is 0 Å². The van der Waals surface area contributed by atoms with E-state index in [1.54, 1.807) is 7.11 Å². The van der Waals surface area contributed by atoms with Crippen molar-refractivity contribution in [2.24, 2.45) is 5.92 Å². The van der Waals surface area contributed by atoms with E-state index in [2.05, 4.69) is 15.2 Å². The van der Waals surface area contributed by atoms with Crippen molar-refractivity contribution in [1.82, 2.24) is 20.1 Å². The summed E-state index contributed by atoms with van der Waals surface area (Å²) in [7, 11) is 1.69. The largest absolute Gasteiger partial charge is 0.383 e. The first-order chi connectivity index (χ1) is 11.3. The number of urea groups is 1. The molecule has 0 unspecified atom stereocenters. The number of ether oxygens (including phenoxy) is 1. The minimum absolute atomic E-state index is 0.0523. The summed E-state index contributed by atoms with van der Waals surface area (Å²) in [5.74, 6) is 0.601. The highest BCUT2D eigenvalue weighted by Gasteiger charge is 2.33. The number of nitrogens with zero attached hydrogens (tertiary/aromatic N) is 3. The highest BCUT2D eigenvalue weighted by atomic mass is 16.5. The Morgan fingerprint density at radius 3 is 2.74 bits per heavy atom. The number of nitrogens with one attached hydrogen (secondary N) is 1. The normalized spacial score (nSPS) is 20.3. The molecule has 1 atom stereocenters. The molecular formula is C17H26N4O2. The molecule has 2 amide bonds. The number of hydrogen-bond donors (Lipinski definition) is 1. The summed E-state index contributed by atoms with van der Waals surface area (Å²) in [6, 6.07) is 6.21. The highest BCUT2D eigenvalue weighted by molar-refractivity contribution is 5.74. The molecule has 1 saturated heterocycles. The summed E-state index contributed by atoms with van der Waals surface area (Å²) in [6.45, 7) is 4.78. The molecule has 23 heavy (non-hydrogen) atoms. The molecule has 2 heterocycles. The SMILES string of the molecule is COC[C@@H](NC(=O)N1CCN(Cc2ccccn2)CC1)C1CC1. The van der Waals surface area contributed by atoms with Crippen molar-refractivity contribution in [2.75, 3.05) is 39.9 Å². The molecule has 0 radical (unpaired) electrons. The lowest BCUT2D eigenvalue weighted by molar-refractivity contribution is 0.121. The molecule has 0 spiro atoms. The van der Waals surface area contributed by atoms with Gasteiger partial charge in [-0.15, -0.1) is 0 Å². The van der Waals surface area contributed by atoms with Crippen molar-refractivity contribution < 1.29 is 9.53 Å². The Bertz CT molecular complexity index is 499. The van der Waals surface area contributed by atoms with Crippen LogP contribution in [0.15, 0.2) is 24.4 Å². The summed E-state index contributed by atoms with van der Waals surface area (Å²) >= 11 is 0. The Morgan fingerprint density at radius 1 is 1.35 bits per heavy atom. The van der Waals surface area contributed by atoms with Gasteiger partial charge in [-0.3, -0.25) is 9.88 Å². The number of amides is 2. The molecule has 2 aliphatic rings. The topological polar surface area (TPSA) is 57.7 Å². The number of rotatable bonds is 6. The summed E-state index contributed by atoms with van der Waals surface area (Å²) < 4.78 is 5.23. The average molecular weight is 318 g/mol. The van der Waals surface area contributed by atoms with E-state index in [4.69, 9.17) is 4.74 Å². The molecule has 126 valence electrons. The summed E-state index contributed by atoms with van der Waals surface area (Å²) in [6.07, 6.45) is 4.23. The molecule has 1 aromatic heterocycles. The van der Waals surface area contributed by atoms with Crippen molar-refractivity contribution >= 4 is 6.03 Å². The van der Waals surface area contributed by atoms with Crippen LogP contribution in [0.2, 0.25) is 0 Å². The van der Waals surface area contributed by atoms with Crippen LogP contribution in [-0.4, -0.2) is 66.8 Å². The van der Waals surface area contributed by atoms with Crippen LogP contribution in [0, 0.1) is 5.92 Å². The van der Waals surface area contributed by atoms with Crippen LogP contribution in [0.4, 0.5) is 4.79 Å².